The number of unbranched alkanes of at least 4 members (excludes halogenated alkanes) is 2. The van der Waals surface area contributed by atoms with Crippen LogP contribution >= 0.6 is 0 Å². The van der Waals surface area contributed by atoms with Crippen molar-refractivity contribution in [2.75, 3.05) is 0 Å². The number of nitrogens with one attached hydrogen (secondary N) is 1. The zero-order valence-electron chi connectivity index (χ0n) is 11.0. The van der Waals surface area contributed by atoms with Gasteiger partial charge in [-0.15, -0.1) is 0 Å². The summed E-state index contributed by atoms with van der Waals surface area (Å²) >= 11 is 0. The molecule has 96 valence electrons. The summed E-state index contributed by atoms with van der Waals surface area (Å²) in [7, 11) is 0. The van der Waals surface area contributed by atoms with E-state index in [2.05, 4.69) is 19.3 Å². The Bertz CT molecular complexity index is 172. The summed E-state index contributed by atoms with van der Waals surface area (Å²) in [5, 5.41) is 8.85. The van der Waals surface area contributed by atoms with E-state index in [1.54, 1.807) is 0 Å². The average Bonchev–Trinajstić information content (AvgIpc) is 2.74. The Labute approximate surface area is 101 Å². The van der Waals surface area contributed by atoms with Gasteiger partial charge in [0, 0.05) is 6.04 Å². The molecule has 2 N–H and O–H groups in total. The third-order valence-electron chi connectivity index (χ3n) is 4.09. The van der Waals surface area contributed by atoms with Crippen molar-refractivity contribution in [2.45, 2.75) is 77.7 Å². The van der Waals surface area contributed by atoms with Gasteiger partial charge in [-0.05, 0) is 31.1 Å². The molecule has 2 unspecified atom stereocenters. The molecule has 0 heterocycles. The van der Waals surface area contributed by atoms with Crippen molar-refractivity contribution in [1.82, 2.24) is 5.48 Å². The third-order valence-corrected chi connectivity index (χ3v) is 4.09. The highest BCUT2D eigenvalue weighted by atomic mass is 16.5. The van der Waals surface area contributed by atoms with Crippen LogP contribution in [0.1, 0.15) is 71.6 Å². The summed E-state index contributed by atoms with van der Waals surface area (Å²) < 4.78 is 0. The van der Waals surface area contributed by atoms with E-state index < -0.39 is 0 Å². The van der Waals surface area contributed by atoms with Crippen LogP contribution in [0.5, 0.6) is 0 Å². The van der Waals surface area contributed by atoms with Gasteiger partial charge in [0.1, 0.15) is 0 Å². The van der Waals surface area contributed by atoms with E-state index in [0.29, 0.717) is 6.04 Å². The molecule has 0 aromatic rings. The predicted octanol–water partition coefficient (Wildman–Crippen LogP) is 4.13. The first-order chi connectivity index (χ1) is 7.76. The topological polar surface area (TPSA) is 32.3 Å². The minimum Gasteiger partial charge on any atom is -0.317 e. The van der Waals surface area contributed by atoms with Gasteiger partial charge in [0.25, 0.3) is 0 Å². The summed E-state index contributed by atoms with van der Waals surface area (Å²) in [6.07, 6.45) is 11.9. The van der Waals surface area contributed by atoms with E-state index in [1.807, 2.05) is 0 Å². The van der Waals surface area contributed by atoms with E-state index in [0.717, 1.165) is 18.3 Å². The van der Waals surface area contributed by atoms with Gasteiger partial charge in [-0.1, -0.05) is 52.4 Å². The minimum atomic E-state index is 0.375. The lowest BCUT2D eigenvalue weighted by Gasteiger charge is -2.14. The maximum atomic E-state index is 8.85. The number of hydrogen-bond acceptors (Lipinski definition) is 2. The molecule has 3 atom stereocenters. The molecule has 1 rings (SSSR count). The maximum Gasteiger partial charge on any atom is 0.0322 e. The Morgan fingerprint density at radius 2 is 2.06 bits per heavy atom. The molecule has 2 heteroatoms. The molecule has 0 radical (unpaired) electrons. The molecule has 0 aliphatic heterocycles. The van der Waals surface area contributed by atoms with E-state index in [9.17, 15) is 0 Å². The fraction of sp³-hybridized carbons (Fsp3) is 1.00. The van der Waals surface area contributed by atoms with E-state index in [1.165, 1.54) is 51.4 Å². The lowest BCUT2D eigenvalue weighted by atomic mass is 9.92. The highest BCUT2D eigenvalue weighted by Gasteiger charge is 2.23. The molecule has 0 spiro atoms. The molecule has 1 fully saturated rings. The van der Waals surface area contributed by atoms with Gasteiger partial charge in [-0.2, -0.15) is 0 Å². The van der Waals surface area contributed by atoms with Crippen LogP contribution in [0.25, 0.3) is 0 Å². The van der Waals surface area contributed by atoms with Gasteiger partial charge < -0.3 is 5.21 Å². The zero-order valence-corrected chi connectivity index (χ0v) is 11.0. The second kappa shape index (κ2) is 8.08. The molecular weight excluding hydrogens is 198 g/mol. The molecule has 1 aliphatic rings. The minimum absolute atomic E-state index is 0.375. The first-order valence-electron chi connectivity index (χ1n) is 7.15. The van der Waals surface area contributed by atoms with Crippen molar-refractivity contribution in [2.24, 2.45) is 11.8 Å². The van der Waals surface area contributed by atoms with Gasteiger partial charge in [-0.25, -0.2) is 5.48 Å². The molecule has 0 saturated heterocycles. The zero-order chi connectivity index (χ0) is 11.8. The molecular formula is C14H29NO. The van der Waals surface area contributed by atoms with Crippen molar-refractivity contribution in [3.05, 3.63) is 0 Å². The van der Waals surface area contributed by atoms with Gasteiger partial charge in [0.2, 0.25) is 0 Å². The lowest BCUT2D eigenvalue weighted by molar-refractivity contribution is 0.126. The fourth-order valence-electron chi connectivity index (χ4n) is 2.86. The summed E-state index contributed by atoms with van der Waals surface area (Å²) in [6, 6.07) is 0.375. The van der Waals surface area contributed by atoms with Crippen LogP contribution in [-0.4, -0.2) is 11.2 Å². The van der Waals surface area contributed by atoms with E-state index in [4.69, 9.17) is 5.21 Å². The van der Waals surface area contributed by atoms with Gasteiger partial charge in [-0.3, -0.25) is 0 Å². The van der Waals surface area contributed by atoms with Crippen molar-refractivity contribution >= 4 is 0 Å². The lowest BCUT2D eigenvalue weighted by Crippen LogP contribution is -2.22. The molecule has 1 saturated carbocycles. The van der Waals surface area contributed by atoms with Crippen molar-refractivity contribution < 1.29 is 5.21 Å². The highest BCUT2D eigenvalue weighted by molar-refractivity contribution is 4.78. The number of rotatable bonds is 8. The molecule has 2 nitrogen and oxygen atoms in total. The SMILES string of the molecule is CCCCC[C@H](C)CCC1CCC(NO)C1. The average molecular weight is 227 g/mol. The predicted molar refractivity (Wildman–Crippen MR) is 68.6 cm³/mol. The van der Waals surface area contributed by atoms with Crippen molar-refractivity contribution in [3.63, 3.8) is 0 Å². The summed E-state index contributed by atoms with van der Waals surface area (Å²) in [6.45, 7) is 4.66. The Kier molecular flexibility index (Phi) is 7.06. The van der Waals surface area contributed by atoms with Gasteiger partial charge in [0.15, 0.2) is 0 Å². The van der Waals surface area contributed by atoms with Crippen molar-refractivity contribution in [3.8, 4) is 0 Å². The van der Waals surface area contributed by atoms with E-state index in [-0.39, 0.29) is 0 Å². The van der Waals surface area contributed by atoms with Crippen LogP contribution in [-0.2, 0) is 0 Å². The first kappa shape index (κ1) is 14.0. The van der Waals surface area contributed by atoms with Crippen LogP contribution in [0.2, 0.25) is 0 Å². The van der Waals surface area contributed by atoms with Crippen LogP contribution in [0.15, 0.2) is 0 Å². The largest absolute Gasteiger partial charge is 0.317 e. The number of hydrogen-bond donors (Lipinski definition) is 2. The quantitative estimate of drug-likeness (QED) is 0.482. The smallest absolute Gasteiger partial charge is 0.0322 e. The summed E-state index contributed by atoms with van der Waals surface area (Å²) in [5.41, 5.74) is 2.42. The molecule has 1 aliphatic carbocycles. The monoisotopic (exact) mass is 227 g/mol. The second-order valence-electron chi connectivity index (χ2n) is 5.68. The van der Waals surface area contributed by atoms with Crippen LogP contribution in [0, 0.1) is 11.8 Å². The normalized spacial score (nSPS) is 27.2. The Morgan fingerprint density at radius 1 is 1.25 bits per heavy atom. The second-order valence-corrected chi connectivity index (χ2v) is 5.68. The third kappa shape index (κ3) is 5.31. The molecule has 0 aromatic heterocycles. The standard InChI is InChI=1S/C14H29NO/c1-3-4-5-6-12(2)7-8-13-9-10-14(11-13)15-16/h12-16H,3-11H2,1-2H3/t12-,13?,14?/m0/s1. The maximum absolute atomic E-state index is 8.85. The first-order valence-corrected chi connectivity index (χ1v) is 7.15. The highest BCUT2D eigenvalue weighted by Crippen LogP contribution is 2.30. The Morgan fingerprint density at radius 3 is 2.69 bits per heavy atom. The summed E-state index contributed by atoms with van der Waals surface area (Å²) in [5.74, 6) is 1.76. The van der Waals surface area contributed by atoms with Crippen LogP contribution in [0.4, 0.5) is 0 Å². The molecule has 0 amide bonds. The van der Waals surface area contributed by atoms with Crippen molar-refractivity contribution in [1.29, 1.82) is 0 Å². The van der Waals surface area contributed by atoms with E-state index >= 15 is 0 Å². The van der Waals surface area contributed by atoms with Crippen LogP contribution < -0.4 is 5.48 Å². The Hall–Kier alpha value is -0.0800. The molecule has 0 bridgehead atoms. The number of hydroxylamine groups is 1. The van der Waals surface area contributed by atoms with Gasteiger partial charge >= 0.3 is 0 Å². The Balaban J connectivity index is 2.01. The molecule has 16 heavy (non-hydrogen) atoms. The van der Waals surface area contributed by atoms with Crippen LogP contribution in [0.3, 0.4) is 0 Å². The fourth-order valence-corrected chi connectivity index (χ4v) is 2.86. The van der Waals surface area contributed by atoms with Gasteiger partial charge in [0.05, 0.1) is 0 Å². The summed E-state index contributed by atoms with van der Waals surface area (Å²) in [4.78, 5) is 0. The molecule has 0 aromatic carbocycles.